The molecule has 170 valence electrons. The predicted octanol–water partition coefficient (Wildman–Crippen LogP) is 7.05. The van der Waals surface area contributed by atoms with Gasteiger partial charge in [0.25, 0.3) is 0 Å². The van der Waals surface area contributed by atoms with E-state index >= 15 is 0 Å². The molecule has 3 aromatic heterocycles. The first-order valence-electron chi connectivity index (χ1n) is 10.9. The van der Waals surface area contributed by atoms with Gasteiger partial charge in [0, 0.05) is 36.3 Å². The van der Waals surface area contributed by atoms with Crippen LogP contribution in [0.3, 0.4) is 0 Å². The van der Waals surface area contributed by atoms with E-state index in [4.69, 9.17) is 0 Å². The largest absolute Gasteiger partial charge is 0.366 e. The van der Waals surface area contributed by atoms with Crippen molar-refractivity contribution in [3.05, 3.63) is 101 Å². The fourth-order valence-corrected chi connectivity index (χ4v) is 3.56. The molecular weight excluding hydrogens is 418 g/mol. The van der Waals surface area contributed by atoms with Crippen LogP contribution >= 0.6 is 0 Å². The first-order valence-corrected chi connectivity index (χ1v) is 10.9. The summed E-state index contributed by atoms with van der Waals surface area (Å²) in [6.07, 6.45) is 14.8. The number of halogens is 2. The zero-order valence-corrected chi connectivity index (χ0v) is 19.4. The second-order valence-electron chi connectivity index (χ2n) is 7.71. The lowest BCUT2D eigenvalue weighted by Gasteiger charge is -2.13. The van der Waals surface area contributed by atoms with Crippen molar-refractivity contribution in [3.63, 3.8) is 0 Å². The molecule has 0 bridgehead atoms. The molecule has 0 aliphatic rings. The van der Waals surface area contributed by atoms with Crippen molar-refractivity contribution >= 4 is 11.4 Å². The molecule has 0 fully saturated rings. The second kappa shape index (κ2) is 11.3. The Morgan fingerprint density at radius 2 is 1.94 bits per heavy atom. The summed E-state index contributed by atoms with van der Waals surface area (Å²) in [6.45, 7) is 8.20. The molecule has 4 nitrogen and oxygen atoms in total. The van der Waals surface area contributed by atoms with Crippen LogP contribution in [0.1, 0.15) is 44.0 Å². The topological polar surface area (TPSA) is 50.7 Å². The molecule has 1 N–H and O–H groups in total. The smallest absolute Gasteiger partial charge is 0.149 e. The monoisotopic (exact) mass is 446 g/mol. The van der Waals surface area contributed by atoms with E-state index in [1.807, 2.05) is 45.1 Å². The Kier molecular flexibility index (Phi) is 8.19. The van der Waals surface area contributed by atoms with E-state index < -0.39 is 5.82 Å². The van der Waals surface area contributed by atoms with Gasteiger partial charge in [-0.1, -0.05) is 36.8 Å². The maximum atomic E-state index is 14.9. The Labute approximate surface area is 193 Å². The lowest BCUT2D eigenvalue weighted by atomic mass is 10.0. The van der Waals surface area contributed by atoms with E-state index in [-0.39, 0.29) is 5.82 Å². The van der Waals surface area contributed by atoms with E-state index in [2.05, 4.69) is 33.3 Å². The molecule has 3 rings (SSSR count). The Morgan fingerprint density at radius 3 is 2.64 bits per heavy atom. The van der Waals surface area contributed by atoms with Gasteiger partial charge in [-0.05, 0) is 62.1 Å². The first-order chi connectivity index (χ1) is 15.9. The summed E-state index contributed by atoms with van der Waals surface area (Å²) < 4.78 is 28.5. The Morgan fingerprint density at radius 1 is 1.12 bits per heavy atom. The fraction of sp³-hybridized carbons (Fsp3) is 0.222. The van der Waals surface area contributed by atoms with Gasteiger partial charge in [0.15, 0.2) is 0 Å². The zero-order valence-electron chi connectivity index (χ0n) is 19.4. The van der Waals surface area contributed by atoms with Crippen LogP contribution < -0.4 is 5.32 Å². The Bertz CT molecular complexity index is 1210. The molecule has 0 aliphatic heterocycles. The third-order valence-electron chi connectivity index (χ3n) is 5.11. The number of rotatable bonds is 8. The van der Waals surface area contributed by atoms with Crippen molar-refractivity contribution in [3.8, 4) is 11.1 Å². The predicted molar refractivity (Wildman–Crippen MR) is 131 cm³/mol. The summed E-state index contributed by atoms with van der Waals surface area (Å²) in [5, 5.41) is 3.23. The molecule has 0 atom stereocenters. The highest BCUT2D eigenvalue weighted by molar-refractivity contribution is 5.74. The molecule has 3 aromatic rings. The van der Waals surface area contributed by atoms with Gasteiger partial charge in [-0.15, -0.1) is 0 Å². The van der Waals surface area contributed by atoms with Crippen molar-refractivity contribution in [2.45, 2.75) is 40.7 Å². The van der Waals surface area contributed by atoms with Gasteiger partial charge >= 0.3 is 0 Å². The van der Waals surface area contributed by atoms with Gasteiger partial charge in [0.05, 0.1) is 6.20 Å². The number of aromatic nitrogens is 3. The molecule has 0 spiro atoms. The normalized spacial score (nSPS) is 12.4. The van der Waals surface area contributed by atoms with Crippen LogP contribution in [0.5, 0.6) is 0 Å². The average molecular weight is 447 g/mol. The van der Waals surface area contributed by atoms with Gasteiger partial charge in [-0.3, -0.25) is 9.97 Å². The first kappa shape index (κ1) is 24.0. The van der Waals surface area contributed by atoms with Gasteiger partial charge in [-0.2, -0.15) is 0 Å². The summed E-state index contributed by atoms with van der Waals surface area (Å²) in [4.78, 5) is 12.7. The molecule has 3 heterocycles. The average Bonchev–Trinajstić information content (AvgIpc) is 2.78. The molecular formula is C27H28F2N4. The fourth-order valence-electron chi connectivity index (χ4n) is 3.56. The third-order valence-corrected chi connectivity index (χ3v) is 5.11. The van der Waals surface area contributed by atoms with E-state index in [1.165, 1.54) is 18.3 Å². The maximum absolute atomic E-state index is 14.9. The third kappa shape index (κ3) is 6.19. The number of pyridine rings is 3. The molecule has 33 heavy (non-hydrogen) atoms. The van der Waals surface area contributed by atoms with Crippen LogP contribution in [-0.2, 0) is 6.54 Å². The lowest BCUT2D eigenvalue weighted by molar-refractivity contribution is 0.614. The van der Waals surface area contributed by atoms with E-state index in [0.29, 0.717) is 29.2 Å². The van der Waals surface area contributed by atoms with Crippen molar-refractivity contribution in [1.82, 2.24) is 15.0 Å². The van der Waals surface area contributed by atoms with Crippen LogP contribution in [0.15, 0.2) is 72.9 Å². The van der Waals surface area contributed by atoms with E-state index in [9.17, 15) is 8.78 Å². The van der Waals surface area contributed by atoms with E-state index in [1.54, 1.807) is 18.6 Å². The maximum Gasteiger partial charge on any atom is 0.149 e. The number of hydrogen-bond acceptors (Lipinski definition) is 4. The van der Waals surface area contributed by atoms with Crippen molar-refractivity contribution in [2.75, 3.05) is 5.32 Å². The molecule has 0 aromatic carbocycles. The van der Waals surface area contributed by atoms with Gasteiger partial charge in [0.1, 0.15) is 23.1 Å². The van der Waals surface area contributed by atoms with Crippen LogP contribution in [-0.4, -0.2) is 15.0 Å². The minimum atomic E-state index is -0.397. The highest BCUT2D eigenvalue weighted by Gasteiger charge is 2.11. The van der Waals surface area contributed by atoms with Crippen LogP contribution in [0.25, 0.3) is 16.7 Å². The van der Waals surface area contributed by atoms with E-state index in [0.717, 1.165) is 28.7 Å². The van der Waals surface area contributed by atoms with Crippen LogP contribution in [0.2, 0.25) is 0 Å². The summed E-state index contributed by atoms with van der Waals surface area (Å²) >= 11 is 0. The molecule has 0 saturated heterocycles. The second-order valence-corrected chi connectivity index (χ2v) is 7.71. The number of nitrogens with one attached hydrogen (secondary N) is 1. The summed E-state index contributed by atoms with van der Waals surface area (Å²) in [6, 6.07) is 4.74. The van der Waals surface area contributed by atoms with Gasteiger partial charge in [0.2, 0.25) is 0 Å². The minimum absolute atomic E-state index is 0.315. The number of hydrogen-bond donors (Lipinski definition) is 1. The standard InChI is InChI=1S/C27H28F2N4/c1-5-7-18(3)11-21(8-6-2)26-25(29)12-20(14-32-26)15-33-27-19(4)24(9-10-31-27)22-13-23(28)17-30-16-22/h6-14,16-17H,5,15H2,1-4H3,(H,31,33)/b8-6-,18-7+,21-11+. The van der Waals surface area contributed by atoms with Gasteiger partial charge < -0.3 is 5.32 Å². The molecule has 6 heteroatoms. The minimum Gasteiger partial charge on any atom is -0.366 e. The van der Waals surface area contributed by atoms with Crippen LogP contribution in [0.4, 0.5) is 14.6 Å². The Balaban J connectivity index is 1.81. The lowest BCUT2D eigenvalue weighted by Crippen LogP contribution is -2.06. The Hall–Kier alpha value is -3.67. The van der Waals surface area contributed by atoms with Crippen molar-refractivity contribution < 1.29 is 8.78 Å². The van der Waals surface area contributed by atoms with Crippen molar-refractivity contribution in [1.29, 1.82) is 0 Å². The number of anilines is 1. The molecule has 0 unspecified atom stereocenters. The van der Waals surface area contributed by atoms with Crippen LogP contribution in [0, 0.1) is 18.6 Å². The SMILES string of the molecule is C\C=C/C(=C\C(C)=C\CC)c1ncc(CNc2nccc(-c3cncc(F)c3)c2C)cc1F. The molecule has 0 amide bonds. The molecule has 0 radical (unpaired) electrons. The van der Waals surface area contributed by atoms with Gasteiger partial charge in [-0.25, -0.2) is 13.8 Å². The highest BCUT2D eigenvalue weighted by atomic mass is 19.1. The number of allylic oxidation sites excluding steroid dienone is 6. The molecule has 0 aliphatic carbocycles. The molecule has 0 saturated carbocycles. The van der Waals surface area contributed by atoms with Crippen molar-refractivity contribution in [2.24, 2.45) is 0 Å². The number of nitrogens with zero attached hydrogens (tertiary/aromatic N) is 3. The highest BCUT2D eigenvalue weighted by Crippen LogP contribution is 2.27. The summed E-state index contributed by atoms with van der Waals surface area (Å²) in [5.74, 6) is -0.144. The summed E-state index contributed by atoms with van der Waals surface area (Å²) in [5.41, 5.74) is 5.15. The summed E-state index contributed by atoms with van der Waals surface area (Å²) in [7, 11) is 0. The zero-order chi connectivity index (χ0) is 23.8. The quantitative estimate of drug-likeness (QED) is 0.377.